The number of aromatic nitrogens is 3. The highest BCUT2D eigenvalue weighted by atomic mass is 14.9. The molecular weight excluding hydrogens is 238 g/mol. The van der Waals surface area contributed by atoms with Crippen LogP contribution in [0.2, 0.25) is 0 Å². The molecule has 2 heterocycles. The van der Waals surface area contributed by atoms with Crippen LogP contribution in [0.5, 0.6) is 0 Å². The molecule has 19 heavy (non-hydrogen) atoms. The Bertz CT molecular complexity index is 509. The number of anilines is 2. The van der Waals surface area contributed by atoms with Gasteiger partial charge in [-0.25, -0.2) is 0 Å². The molecular formula is C14H19N5. The van der Waals surface area contributed by atoms with E-state index in [1.807, 2.05) is 19.2 Å². The highest BCUT2D eigenvalue weighted by molar-refractivity contribution is 5.53. The summed E-state index contributed by atoms with van der Waals surface area (Å²) in [5.41, 5.74) is 3.85. The fourth-order valence-electron chi connectivity index (χ4n) is 1.61. The van der Waals surface area contributed by atoms with Gasteiger partial charge in [-0.05, 0) is 19.4 Å². The van der Waals surface area contributed by atoms with Crippen molar-refractivity contribution in [2.75, 3.05) is 17.2 Å². The van der Waals surface area contributed by atoms with Crippen molar-refractivity contribution in [3.8, 4) is 0 Å². The zero-order chi connectivity index (χ0) is 13.5. The van der Waals surface area contributed by atoms with Crippen LogP contribution in [0.1, 0.15) is 24.7 Å². The summed E-state index contributed by atoms with van der Waals surface area (Å²) in [5.74, 6) is 0. The molecule has 2 rings (SSSR count). The molecule has 0 aliphatic rings. The molecule has 0 radical (unpaired) electrons. The summed E-state index contributed by atoms with van der Waals surface area (Å²) in [5, 5.41) is 6.60. The number of nitrogens with one attached hydrogen (secondary N) is 2. The number of nitrogens with zero attached hydrogens (tertiary/aromatic N) is 3. The molecule has 0 amide bonds. The van der Waals surface area contributed by atoms with Gasteiger partial charge in [0.25, 0.3) is 0 Å². The molecule has 0 saturated heterocycles. The summed E-state index contributed by atoms with van der Waals surface area (Å²) in [4.78, 5) is 12.7. The van der Waals surface area contributed by atoms with Gasteiger partial charge < -0.3 is 10.6 Å². The fourth-order valence-corrected chi connectivity index (χ4v) is 1.61. The van der Waals surface area contributed by atoms with E-state index in [9.17, 15) is 0 Å². The lowest BCUT2D eigenvalue weighted by Gasteiger charge is -2.08. The second-order valence-electron chi connectivity index (χ2n) is 4.39. The lowest BCUT2D eigenvalue weighted by Crippen LogP contribution is -2.04. The molecule has 0 bridgehead atoms. The van der Waals surface area contributed by atoms with Crippen molar-refractivity contribution in [1.29, 1.82) is 0 Å². The van der Waals surface area contributed by atoms with Gasteiger partial charge in [0.15, 0.2) is 0 Å². The highest BCUT2D eigenvalue weighted by Crippen LogP contribution is 2.13. The molecule has 0 spiro atoms. The number of aryl methyl sites for hydroxylation is 1. The number of rotatable bonds is 6. The normalized spacial score (nSPS) is 10.2. The molecule has 0 unspecified atom stereocenters. The molecule has 2 aromatic heterocycles. The van der Waals surface area contributed by atoms with Gasteiger partial charge in [-0.15, -0.1) is 0 Å². The van der Waals surface area contributed by atoms with E-state index in [2.05, 4.69) is 32.5 Å². The van der Waals surface area contributed by atoms with Crippen LogP contribution in [-0.4, -0.2) is 21.5 Å². The van der Waals surface area contributed by atoms with Crippen LogP contribution >= 0.6 is 0 Å². The van der Waals surface area contributed by atoms with Crippen molar-refractivity contribution in [3.05, 3.63) is 42.2 Å². The molecule has 0 saturated carbocycles. The van der Waals surface area contributed by atoms with E-state index in [0.29, 0.717) is 6.54 Å². The van der Waals surface area contributed by atoms with Crippen molar-refractivity contribution in [2.45, 2.75) is 26.8 Å². The quantitative estimate of drug-likeness (QED) is 0.833. The first-order valence-electron chi connectivity index (χ1n) is 6.48. The lowest BCUT2D eigenvalue weighted by atomic mass is 10.3. The predicted octanol–water partition coefficient (Wildman–Crippen LogP) is 2.61. The van der Waals surface area contributed by atoms with Gasteiger partial charge in [-0.2, -0.15) is 0 Å². The van der Waals surface area contributed by atoms with Crippen molar-refractivity contribution in [2.24, 2.45) is 0 Å². The van der Waals surface area contributed by atoms with Gasteiger partial charge in [0.05, 0.1) is 47.9 Å². The Labute approximate surface area is 113 Å². The molecule has 0 aliphatic heterocycles. The van der Waals surface area contributed by atoms with Crippen LogP contribution in [-0.2, 0) is 6.54 Å². The van der Waals surface area contributed by atoms with Crippen LogP contribution < -0.4 is 10.6 Å². The SMILES string of the molecule is CCCNc1cncc(NCc2cnc(C)cn2)c1. The molecule has 0 fully saturated rings. The molecule has 2 aromatic rings. The predicted molar refractivity (Wildman–Crippen MR) is 77.1 cm³/mol. The third-order valence-electron chi connectivity index (χ3n) is 2.63. The van der Waals surface area contributed by atoms with Gasteiger partial charge in [-0.1, -0.05) is 6.92 Å². The lowest BCUT2D eigenvalue weighted by molar-refractivity contribution is 0.973. The Morgan fingerprint density at radius 3 is 2.47 bits per heavy atom. The van der Waals surface area contributed by atoms with Gasteiger partial charge in [0, 0.05) is 12.7 Å². The number of pyridine rings is 1. The van der Waals surface area contributed by atoms with Crippen LogP contribution in [0.25, 0.3) is 0 Å². The van der Waals surface area contributed by atoms with E-state index in [1.165, 1.54) is 0 Å². The van der Waals surface area contributed by atoms with Gasteiger partial charge in [-0.3, -0.25) is 15.0 Å². The van der Waals surface area contributed by atoms with Crippen molar-refractivity contribution in [3.63, 3.8) is 0 Å². The van der Waals surface area contributed by atoms with Crippen LogP contribution in [0, 0.1) is 6.92 Å². The summed E-state index contributed by atoms with van der Waals surface area (Å²) in [6, 6.07) is 2.05. The monoisotopic (exact) mass is 257 g/mol. The standard InChI is InChI=1S/C14H19N5/c1-3-4-16-12-5-13(8-15-7-12)19-10-14-9-17-11(2)6-18-14/h5-9,16,19H,3-4,10H2,1-2H3. The minimum atomic E-state index is 0.645. The van der Waals surface area contributed by atoms with E-state index in [0.717, 1.165) is 35.7 Å². The third-order valence-corrected chi connectivity index (χ3v) is 2.63. The summed E-state index contributed by atoms with van der Waals surface area (Å²) in [6.45, 7) is 5.66. The highest BCUT2D eigenvalue weighted by Gasteiger charge is 1.98. The first-order valence-corrected chi connectivity index (χ1v) is 6.48. The van der Waals surface area contributed by atoms with E-state index < -0.39 is 0 Å². The summed E-state index contributed by atoms with van der Waals surface area (Å²) < 4.78 is 0. The molecule has 5 heteroatoms. The maximum absolute atomic E-state index is 4.30. The Kier molecular flexibility index (Phi) is 4.66. The molecule has 0 atom stereocenters. The van der Waals surface area contributed by atoms with Gasteiger partial charge >= 0.3 is 0 Å². The van der Waals surface area contributed by atoms with E-state index in [1.54, 1.807) is 18.6 Å². The molecule has 0 aromatic carbocycles. The van der Waals surface area contributed by atoms with Crippen LogP contribution in [0.4, 0.5) is 11.4 Å². The van der Waals surface area contributed by atoms with Crippen molar-refractivity contribution < 1.29 is 0 Å². The minimum absolute atomic E-state index is 0.645. The smallest absolute Gasteiger partial charge is 0.0777 e. The summed E-state index contributed by atoms with van der Waals surface area (Å²) in [7, 11) is 0. The topological polar surface area (TPSA) is 62.7 Å². The minimum Gasteiger partial charge on any atom is -0.384 e. The van der Waals surface area contributed by atoms with E-state index in [4.69, 9.17) is 0 Å². The first-order chi connectivity index (χ1) is 9.28. The van der Waals surface area contributed by atoms with Crippen molar-refractivity contribution in [1.82, 2.24) is 15.0 Å². The maximum atomic E-state index is 4.30. The van der Waals surface area contributed by atoms with E-state index >= 15 is 0 Å². The molecule has 100 valence electrons. The fraction of sp³-hybridized carbons (Fsp3) is 0.357. The molecule has 5 nitrogen and oxygen atoms in total. The summed E-state index contributed by atoms with van der Waals surface area (Å²) >= 11 is 0. The first kappa shape index (κ1) is 13.3. The van der Waals surface area contributed by atoms with Crippen molar-refractivity contribution >= 4 is 11.4 Å². The van der Waals surface area contributed by atoms with Gasteiger partial charge in [0.2, 0.25) is 0 Å². The van der Waals surface area contributed by atoms with Gasteiger partial charge in [0.1, 0.15) is 0 Å². The molecule has 2 N–H and O–H groups in total. The second-order valence-corrected chi connectivity index (χ2v) is 4.39. The number of hydrogen-bond donors (Lipinski definition) is 2. The van der Waals surface area contributed by atoms with Crippen LogP contribution in [0.3, 0.4) is 0 Å². The maximum Gasteiger partial charge on any atom is 0.0777 e. The largest absolute Gasteiger partial charge is 0.384 e. The zero-order valence-electron chi connectivity index (χ0n) is 11.3. The average molecular weight is 257 g/mol. The van der Waals surface area contributed by atoms with E-state index in [-0.39, 0.29) is 0 Å². The molecule has 0 aliphatic carbocycles. The summed E-state index contributed by atoms with van der Waals surface area (Å²) in [6.07, 6.45) is 8.28. The Morgan fingerprint density at radius 2 is 1.79 bits per heavy atom. The third kappa shape index (κ3) is 4.21. The zero-order valence-corrected chi connectivity index (χ0v) is 11.3. The second kappa shape index (κ2) is 6.68. The van der Waals surface area contributed by atoms with Crippen LogP contribution in [0.15, 0.2) is 30.9 Å². The Balaban J connectivity index is 1.93. The Morgan fingerprint density at radius 1 is 1.00 bits per heavy atom. The number of hydrogen-bond acceptors (Lipinski definition) is 5. The Hall–Kier alpha value is -2.17. The average Bonchev–Trinajstić information content (AvgIpc) is 2.45.